The summed E-state index contributed by atoms with van der Waals surface area (Å²) in [6.45, 7) is 7.01. The average molecular weight is 306 g/mol. The monoisotopic (exact) mass is 306 g/mol. The zero-order valence-electron chi connectivity index (χ0n) is 12.1. The van der Waals surface area contributed by atoms with Gasteiger partial charge in [0.1, 0.15) is 0 Å². The number of ether oxygens (including phenoxy) is 1. The van der Waals surface area contributed by atoms with Crippen molar-refractivity contribution in [1.82, 2.24) is 0 Å². The van der Waals surface area contributed by atoms with Crippen molar-refractivity contribution in [2.24, 2.45) is 0 Å². The Balaban J connectivity index is 4.05. The van der Waals surface area contributed by atoms with Gasteiger partial charge in [0.25, 0.3) is 10.1 Å². The van der Waals surface area contributed by atoms with E-state index in [4.69, 9.17) is 9.29 Å². The quantitative estimate of drug-likeness (QED) is 0.217. The summed E-state index contributed by atoms with van der Waals surface area (Å²) in [7, 11) is -2.01. The van der Waals surface area contributed by atoms with Crippen LogP contribution in [0.2, 0.25) is 0 Å². The van der Waals surface area contributed by atoms with Gasteiger partial charge in [-0.3, -0.25) is 4.55 Å². The highest BCUT2D eigenvalue weighted by molar-refractivity contribution is 7.85. The van der Waals surface area contributed by atoms with Crippen LogP contribution in [-0.4, -0.2) is 55.9 Å². The number of quaternary nitrogens is 1. The van der Waals surface area contributed by atoms with Gasteiger partial charge < -0.3 is 9.22 Å². The maximum absolute atomic E-state index is 11.1. The van der Waals surface area contributed by atoms with Crippen LogP contribution >= 0.6 is 0 Å². The molecule has 0 saturated heterocycles. The Morgan fingerprint density at radius 1 is 1.35 bits per heavy atom. The zero-order valence-corrected chi connectivity index (χ0v) is 12.9. The lowest BCUT2D eigenvalue weighted by atomic mass is 10.3. The molecule has 0 fully saturated rings. The van der Waals surface area contributed by atoms with Crippen LogP contribution in [0.1, 0.15) is 19.8 Å². The average Bonchev–Trinajstić information content (AvgIpc) is 2.33. The molecule has 0 aliphatic rings. The molecule has 0 amide bonds. The van der Waals surface area contributed by atoms with E-state index >= 15 is 0 Å². The third-order valence-electron chi connectivity index (χ3n) is 2.87. The molecular formula is C13H24NO5S+. The number of nitrogens with zero attached hydrogens (tertiary/aromatic N) is 1. The Kier molecular flexibility index (Phi) is 8.36. The predicted octanol–water partition coefficient (Wildman–Crippen LogP) is 1.36. The van der Waals surface area contributed by atoms with Gasteiger partial charge in [-0.25, -0.2) is 4.79 Å². The maximum Gasteiger partial charge on any atom is 0.330 e. The minimum Gasteiger partial charge on any atom is -0.462 e. The minimum absolute atomic E-state index is 0.259. The predicted molar refractivity (Wildman–Crippen MR) is 77.5 cm³/mol. The first-order valence-corrected chi connectivity index (χ1v) is 8.06. The van der Waals surface area contributed by atoms with E-state index in [9.17, 15) is 13.2 Å². The van der Waals surface area contributed by atoms with Crippen LogP contribution in [0.3, 0.4) is 0 Å². The fraction of sp³-hybridized carbons (Fsp3) is 0.615. The molecule has 1 N–H and O–H groups in total. The van der Waals surface area contributed by atoms with Gasteiger partial charge >= 0.3 is 5.97 Å². The Morgan fingerprint density at radius 3 is 2.45 bits per heavy atom. The van der Waals surface area contributed by atoms with Crippen molar-refractivity contribution in [3.8, 4) is 0 Å². The highest BCUT2D eigenvalue weighted by Crippen LogP contribution is 2.07. The van der Waals surface area contributed by atoms with Crippen molar-refractivity contribution in [1.29, 1.82) is 0 Å². The van der Waals surface area contributed by atoms with E-state index in [1.807, 2.05) is 7.05 Å². The molecule has 0 spiro atoms. The molecule has 0 aromatic rings. The van der Waals surface area contributed by atoms with Crippen LogP contribution < -0.4 is 0 Å². The molecular weight excluding hydrogens is 282 g/mol. The molecule has 20 heavy (non-hydrogen) atoms. The smallest absolute Gasteiger partial charge is 0.330 e. The molecule has 1 atom stereocenters. The van der Waals surface area contributed by atoms with Crippen molar-refractivity contribution in [2.45, 2.75) is 19.8 Å². The third kappa shape index (κ3) is 9.71. The van der Waals surface area contributed by atoms with E-state index in [0.717, 1.165) is 0 Å². The normalized spacial score (nSPS) is 14.9. The Labute approximate surface area is 121 Å². The summed E-state index contributed by atoms with van der Waals surface area (Å²) < 4.78 is 35.4. The van der Waals surface area contributed by atoms with E-state index < -0.39 is 10.1 Å². The lowest BCUT2D eigenvalue weighted by molar-refractivity contribution is -0.859. The molecule has 116 valence electrons. The summed E-state index contributed by atoms with van der Waals surface area (Å²) in [5, 5.41) is 0. The van der Waals surface area contributed by atoms with Crippen LogP contribution in [0.25, 0.3) is 0 Å². The fourth-order valence-electron chi connectivity index (χ4n) is 1.69. The second kappa shape index (κ2) is 8.89. The van der Waals surface area contributed by atoms with Gasteiger partial charge in [-0.2, -0.15) is 8.42 Å². The molecule has 7 heteroatoms. The second-order valence-electron chi connectivity index (χ2n) is 4.77. The van der Waals surface area contributed by atoms with Crippen LogP contribution in [0, 0.1) is 0 Å². The first-order valence-electron chi connectivity index (χ1n) is 6.45. The molecule has 6 nitrogen and oxygen atoms in total. The number of rotatable bonds is 10. The lowest BCUT2D eigenvalue weighted by Gasteiger charge is -2.29. The van der Waals surface area contributed by atoms with Crippen molar-refractivity contribution in [2.75, 3.05) is 32.5 Å². The molecule has 0 aliphatic carbocycles. The Morgan fingerprint density at radius 2 is 1.95 bits per heavy atom. The van der Waals surface area contributed by atoms with Gasteiger partial charge in [0.05, 0.1) is 38.7 Å². The number of allylic oxidation sites excluding steroid dienone is 1. The highest BCUT2D eigenvalue weighted by Gasteiger charge is 2.18. The number of esters is 1. The van der Waals surface area contributed by atoms with Gasteiger partial charge in [0, 0.05) is 18.9 Å². The molecule has 0 rings (SSSR count). The first kappa shape index (κ1) is 18.8. The van der Waals surface area contributed by atoms with E-state index in [1.54, 1.807) is 19.2 Å². The van der Waals surface area contributed by atoms with Crippen molar-refractivity contribution in [3.05, 3.63) is 24.9 Å². The van der Waals surface area contributed by atoms with Crippen LogP contribution in [0.4, 0.5) is 0 Å². The second-order valence-corrected chi connectivity index (χ2v) is 6.34. The number of hydrogen-bond acceptors (Lipinski definition) is 4. The largest absolute Gasteiger partial charge is 0.462 e. The zero-order chi connectivity index (χ0) is 15.6. The van der Waals surface area contributed by atoms with Gasteiger partial charge in [-0.15, -0.1) is 0 Å². The SMILES string of the molecule is C=C[N+](C)(CCCOC(=O)C=CC)CCCS(=O)(=O)O. The summed E-state index contributed by atoms with van der Waals surface area (Å²) in [6, 6.07) is 0. The van der Waals surface area contributed by atoms with Crippen LogP contribution in [-0.2, 0) is 19.6 Å². The van der Waals surface area contributed by atoms with Crippen LogP contribution in [0.15, 0.2) is 24.9 Å². The molecule has 0 aromatic heterocycles. The van der Waals surface area contributed by atoms with Crippen molar-refractivity contribution < 1.29 is 27.0 Å². The molecule has 0 radical (unpaired) electrons. The van der Waals surface area contributed by atoms with E-state index in [1.165, 1.54) is 6.08 Å². The maximum atomic E-state index is 11.1. The highest BCUT2D eigenvalue weighted by atomic mass is 32.2. The van der Waals surface area contributed by atoms with Gasteiger partial charge in [0.2, 0.25) is 0 Å². The number of carbonyl (C=O) groups excluding carboxylic acids is 1. The minimum atomic E-state index is -3.92. The molecule has 1 unspecified atom stereocenters. The fourth-order valence-corrected chi connectivity index (χ4v) is 2.18. The summed E-state index contributed by atoms with van der Waals surface area (Å²) >= 11 is 0. The van der Waals surface area contributed by atoms with E-state index in [0.29, 0.717) is 37.0 Å². The van der Waals surface area contributed by atoms with Gasteiger partial charge in [0.15, 0.2) is 0 Å². The molecule has 0 aliphatic heterocycles. The van der Waals surface area contributed by atoms with E-state index in [-0.39, 0.29) is 11.7 Å². The molecule has 0 saturated carbocycles. The molecule has 0 heterocycles. The molecule has 0 aromatic carbocycles. The first-order chi connectivity index (χ1) is 9.22. The summed E-state index contributed by atoms with van der Waals surface area (Å²) in [5.74, 6) is -0.628. The molecule has 0 bridgehead atoms. The Hall–Kier alpha value is -1.18. The number of carbonyl (C=O) groups is 1. The summed E-state index contributed by atoms with van der Waals surface area (Å²) in [4.78, 5) is 11.1. The summed E-state index contributed by atoms with van der Waals surface area (Å²) in [5.41, 5.74) is 0. The van der Waals surface area contributed by atoms with E-state index in [2.05, 4.69) is 6.58 Å². The van der Waals surface area contributed by atoms with Gasteiger partial charge in [-0.1, -0.05) is 6.08 Å². The number of hydrogen-bond donors (Lipinski definition) is 1. The topological polar surface area (TPSA) is 80.7 Å². The summed E-state index contributed by atoms with van der Waals surface area (Å²) in [6.07, 6.45) is 5.68. The third-order valence-corrected chi connectivity index (χ3v) is 3.68. The lowest BCUT2D eigenvalue weighted by Crippen LogP contribution is -2.41. The standard InChI is InChI=1S/C13H23NO5S/c1-4-8-13(15)19-11-6-9-14(3,5-2)10-7-12-20(16,17)18/h4-5,8H,2,6-7,9-12H2,1,3H3/p+1. The Bertz CT molecular complexity index is 444. The van der Waals surface area contributed by atoms with Gasteiger partial charge in [-0.05, 0) is 13.5 Å². The van der Waals surface area contributed by atoms with Crippen LogP contribution in [0.5, 0.6) is 0 Å². The van der Waals surface area contributed by atoms with Crippen molar-refractivity contribution >= 4 is 16.1 Å². The van der Waals surface area contributed by atoms with Crippen molar-refractivity contribution in [3.63, 3.8) is 0 Å².